The summed E-state index contributed by atoms with van der Waals surface area (Å²) in [6, 6.07) is 12.8. The highest BCUT2D eigenvalue weighted by Gasteiger charge is 2.13. The Morgan fingerprint density at radius 3 is 2.23 bits per heavy atom. The quantitative estimate of drug-likeness (QED) is 0.557. The molecule has 0 saturated carbocycles. The summed E-state index contributed by atoms with van der Waals surface area (Å²) in [5.41, 5.74) is 1.41. The van der Waals surface area contributed by atoms with E-state index >= 15 is 0 Å². The van der Waals surface area contributed by atoms with Crippen LogP contribution in [-0.4, -0.2) is 43.4 Å². The highest BCUT2D eigenvalue weighted by atomic mass is 16.5. The number of ether oxygens (including phenoxy) is 3. The molecule has 2 aromatic carbocycles. The first kappa shape index (κ1) is 24.0. The molecule has 0 radical (unpaired) electrons. The third kappa shape index (κ3) is 7.53. The number of nitrogens with one attached hydrogen (secondary N) is 1. The molecule has 2 rings (SSSR count). The van der Waals surface area contributed by atoms with Gasteiger partial charge in [0.25, 0.3) is 0 Å². The Hall–Kier alpha value is -4.03. The van der Waals surface area contributed by atoms with Crippen LogP contribution in [0.5, 0.6) is 23.0 Å². The van der Waals surface area contributed by atoms with Crippen molar-refractivity contribution >= 4 is 11.9 Å². The highest BCUT2D eigenvalue weighted by Crippen LogP contribution is 2.36. The molecule has 0 aliphatic carbocycles. The van der Waals surface area contributed by atoms with Crippen LogP contribution < -0.4 is 19.5 Å². The van der Waals surface area contributed by atoms with Gasteiger partial charge in [0.15, 0.2) is 11.5 Å². The second-order valence-electron chi connectivity index (χ2n) is 5.56. The summed E-state index contributed by atoms with van der Waals surface area (Å²) in [6.45, 7) is 0.656. The number of carbonyl (C=O) groups is 2. The van der Waals surface area contributed by atoms with E-state index in [0.717, 1.165) is 5.56 Å². The molecule has 0 bridgehead atoms. The molecule has 0 aliphatic heterocycles. The first-order valence-electron chi connectivity index (χ1n) is 8.56. The van der Waals surface area contributed by atoms with Crippen LogP contribution in [-0.2, 0) is 16.1 Å². The second-order valence-corrected chi connectivity index (χ2v) is 5.56. The van der Waals surface area contributed by atoms with Gasteiger partial charge < -0.3 is 29.7 Å². The van der Waals surface area contributed by atoms with E-state index in [1.54, 1.807) is 38.5 Å². The minimum atomic E-state index is -1.26. The lowest BCUT2D eigenvalue weighted by Crippen LogP contribution is -2.07. The van der Waals surface area contributed by atoms with Crippen molar-refractivity contribution in [2.24, 2.45) is 0 Å². The molecule has 2 aromatic rings. The Balaban J connectivity index is 0.000000479. The molecule has 3 N–H and O–H groups in total. The van der Waals surface area contributed by atoms with Crippen molar-refractivity contribution in [1.82, 2.24) is 5.32 Å². The van der Waals surface area contributed by atoms with Gasteiger partial charge in [0.2, 0.25) is 0 Å². The Morgan fingerprint density at radius 2 is 1.73 bits per heavy atom. The van der Waals surface area contributed by atoms with Crippen molar-refractivity contribution in [3.8, 4) is 29.1 Å². The average molecular weight is 414 g/mol. The van der Waals surface area contributed by atoms with E-state index in [0.29, 0.717) is 47.3 Å². The molecule has 0 saturated heterocycles. The Labute approximate surface area is 173 Å². The van der Waals surface area contributed by atoms with Gasteiger partial charge in [-0.3, -0.25) is 0 Å². The maximum absolute atomic E-state index is 9.55. The van der Waals surface area contributed by atoms with Gasteiger partial charge in [-0.1, -0.05) is 12.1 Å². The maximum atomic E-state index is 9.55. The molecule has 9 nitrogen and oxygen atoms in total. The highest BCUT2D eigenvalue weighted by molar-refractivity contribution is 5.89. The summed E-state index contributed by atoms with van der Waals surface area (Å²) in [7, 11) is 5.03. The molecule has 0 aromatic heterocycles. The van der Waals surface area contributed by atoms with E-state index in [1.165, 1.54) is 0 Å². The minimum absolute atomic E-state index is 0.432. The summed E-state index contributed by atoms with van der Waals surface area (Å²) < 4.78 is 16.5. The Kier molecular flexibility index (Phi) is 9.95. The molecule has 0 heterocycles. The van der Waals surface area contributed by atoms with Gasteiger partial charge in [-0.05, 0) is 25.2 Å². The molecule has 9 heteroatoms. The zero-order valence-corrected chi connectivity index (χ0v) is 16.7. The van der Waals surface area contributed by atoms with Crippen molar-refractivity contribution in [3.63, 3.8) is 0 Å². The fourth-order valence-corrected chi connectivity index (χ4v) is 2.27. The van der Waals surface area contributed by atoms with E-state index in [1.807, 2.05) is 19.2 Å². The predicted molar refractivity (Wildman–Crippen MR) is 108 cm³/mol. The van der Waals surface area contributed by atoms with Crippen LogP contribution in [0.1, 0.15) is 11.1 Å². The van der Waals surface area contributed by atoms with Crippen LogP contribution in [0.15, 0.2) is 48.6 Å². The van der Waals surface area contributed by atoms with Gasteiger partial charge in [-0.15, -0.1) is 0 Å². The van der Waals surface area contributed by atoms with Gasteiger partial charge in [0.05, 0.1) is 19.8 Å². The summed E-state index contributed by atoms with van der Waals surface area (Å²) in [4.78, 5) is 19.1. The van der Waals surface area contributed by atoms with Crippen LogP contribution in [0, 0.1) is 11.3 Å². The first-order chi connectivity index (χ1) is 14.4. The van der Waals surface area contributed by atoms with E-state index in [4.69, 9.17) is 24.4 Å². The van der Waals surface area contributed by atoms with Crippen molar-refractivity contribution in [3.05, 3.63) is 59.7 Å². The molecule has 0 atom stereocenters. The van der Waals surface area contributed by atoms with Crippen LogP contribution >= 0.6 is 0 Å². The largest absolute Gasteiger partial charge is 0.497 e. The lowest BCUT2D eigenvalue weighted by atomic mass is 10.1. The SMILES string of the molecule is CNCc1cccc(Oc2cc(OC)ccc2C#N)c1OC.O=C(O)C=CC(=O)O. The third-order valence-electron chi connectivity index (χ3n) is 3.53. The Morgan fingerprint density at radius 1 is 1.07 bits per heavy atom. The molecular weight excluding hydrogens is 392 g/mol. The van der Waals surface area contributed by atoms with E-state index in [-0.39, 0.29) is 0 Å². The second kappa shape index (κ2) is 12.4. The standard InChI is InChI=1S/C17H18N2O3.C4H4O4/c1-19-11-13-5-4-6-15(17(13)21-3)22-16-9-14(20-2)8-7-12(16)10-18;5-3(6)1-2-4(7)8/h4-9,19H,11H2,1-3H3;1-2H,(H,5,6)(H,7,8). The zero-order chi connectivity index (χ0) is 22.5. The Bertz CT molecular complexity index is 933. The fraction of sp³-hybridized carbons (Fsp3) is 0.190. The topological polar surface area (TPSA) is 138 Å². The number of carboxylic acids is 2. The number of para-hydroxylation sites is 1. The third-order valence-corrected chi connectivity index (χ3v) is 3.53. The molecule has 30 heavy (non-hydrogen) atoms. The molecule has 0 unspecified atom stereocenters. The van der Waals surface area contributed by atoms with Crippen molar-refractivity contribution < 1.29 is 34.0 Å². The zero-order valence-electron chi connectivity index (χ0n) is 16.7. The number of nitrogens with zero attached hydrogens (tertiary/aromatic N) is 1. The number of hydrogen-bond donors (Lipinski definition) is 3. The number of hydrogen-bond acceptors (Lipinski definition) is 7. The van der Waals surface area contributed by atoms with Crippen LogP contribution in [0.3, 0.4) is 0 Å². The van der Waals surface area contributed by atoms with Crippen molar-refractivity contribution in [1.29, 1.82) is 5.26 Å². The lowest BCUT2D eigenvalue weighted by molar-refractivity contribution is -0.134. The number of benzene rings is 2. The number of rotatable bonds is 8. The summed E-state index contributed by atoms with van der Waals surface area (Å²) in [6.07, 6.45) is 1.12. The number of carboxylic acid groups (broad SMARTS) is 2. The van der Waals surface area contributed by atoms with E-state index in [2.05, 4.69) is 11.4 Å². The monoisotopic (exact) mass is 414 g/mol. The number of methoxy groups -OCH3 is 2. The van der Waals surface area contributed by atoms with Gasteiger partial charge >= 0.3 is 11.9 Å². The summed E-state index contributed by atoms with van der Waals surface area (Å²) in [5, 5.41) is 27.9. The van der Waals surface area contributed by atoms with Crippen LogP contribution in [0.2, 0.25) is 0 Å². The first-order valence-corrected chi connectivity index (χ1v) is 8.56. The summed E-state index contributed by atoms with van der Waals surface area (Å²) >= 11 is 0. The lowest BCUT2D eigenvalue weighted by Gasteiger charge is -2.15. The normalized spacial score (nSPS) is 9.80. The number of nitriles is 1. The van der Waals surface area contributed by atoms with Gasteiger partial charge in [0.1, 0.15) is 17.6 Å². The smallest absolute Gasteiger partial charge is 0.328 e. The molecule has 158 valence electrons. The van der Waals surface area contributed by atoms with Crippen molar-refractivity contribution in [2.45, 2.75) is 6.54 Å². The number of aliphatic carboxylic acids is 2. The predicted octanol–water partition coefficient (Wildman–Crippen LogP) is 2.80. The molecule has 0 spiro atoms. The van der Waals surface area contributed by atoms with Gasteiger partial charge in [-0.2, -0.15) is 5.26 Å². The summed E-state index contributed by atoms with van der Waals surface area (Å²) in [5.74, 6) is -0.260. The average Bonchev–Trinajstić information content (AvgIpc) is 2.73. The van der Waals surface area contributed by atoms with Gasteiger partial charge in [-0.25, -0.2) is 9.59 Å². The van der Waals surface area contributed by atoms with Crippen molar-refractivity contribution in [2.75, 3.05) is 21.3 Å². The van der Waals surface area contributed by atoms with E-state index < -0.39 is 11.9 Å². The van der Waals surface area contributed by atoms with Crippen LogP contribution in [0.4, 0.5) is 0 Å². The minimum Gasteiger partial charge on any atom is -0.497 e. The molecule has 0 amide bonds. The van der Waals surface area contributed by atoms with E-state index in [9.17, 15) is 14.9 Å². The maximum Gasteiger partial charge on any atom is 0.328 e. The van der Waals surface area contributed by atoms with Gasteiger partial charge in [0, 0.05) is 30.3 Å². The molecule has 0 fully saturated rings. The molecule has 0 aliphatic rings. The molecular formula is C21H22N2O7. The fourth-order valence-electron chi connectivity index (χ4n) is 2.27. The van der Waals surface area contributed by atoms with Crippen LogP contribution in [0.25, 0.3) is 0 Å².